The normalized spacial score (nSPS) is 32.9. The van der Waals surface area contributed by atoms with Gasteiger partial charge in [-0.25, -0.2) is 0 Å². The Morgan fingerprint density at radius 3 is 2.26 bits per heavy atom. The molecule has 0 unspecified atom stereocenters. The first-order chi connectivity index (χ1) is 8.93. The topological polar surface area (TPSA) is 93.5 Å². The Morgan fingerprint density at radius 1 is 1.16 bits per heavy atom. The van der Waals surface area contributed by atoms with Crippen molar-refractivity contribution < 1.29 is 13.8 Å². The van der Waals surface area contributed by atoms with E-state index in [2.05, 4.69) is 17.4 Å². The third kappa shape index (κ3) is 3.57. The summed E-state index contributed by atoms with van der Waals surface area (Å²) in [6.45, 7) is 8.51. The van der Waals surface area contributed by atoms with E-state index in [-0.39, 0.29) is 11.9 Å². The van der Waals surface area contributed by atoms with E-state index >= 15 is 0 Å². The standard InChI is InChI=1S/C12H25N6O/c1-17-4-7-18(8-5-17,9-6-17)10-11(19)15-2-3-16-12(13)14/h2-10H2,1H3,(H4-,13,14,15,16,19)/q+1/p+1. The first-order valence-electron chi connectivity index (χ1n) is 6.94. The van der Waals surface area contributed by atoms with Crippen molar-refractivity contribution in [3.05, 3.63) is 0 Å². The molecule has 3 saturated heterocycles. The molecule has 3 fully saturated rings. The summed E-state index contributed by atoms with van der Waals surface area (Å²) in [5.74, 6) is 0.184. The van der Waals surface area contributed by atoms with Gasteiger partial charge in [-0.05, 0) is 0 Å². The van der Waals surface area contributed by atoms with E-state index in [9.17, 15) is 4.79 Å². The molecule has 0 saturated carbocycles. The van der Waals surface area contributed by atoms with E-state index in [0.29, 0.717) is 19.6 Å². The van der Waals surface area contributed by atoms with E-state index < -0.39 is 0 Å². The molecule has 3 heterocycles. The number of piperazine rings is 3. The molecule has 3 rings (SSSR count). The van der Waals surface area contributed by atoms with Crippen LogP contribution in [0.5, 0.6) is 0 Å². The lowest BCUT2D eigenvalue weighted by Crippen LogP contribution is -2.74. The van der Waals surface area contributed by atoms with Crippen molar-refractivity contribution in [1.82, 2.24) is 5.32 Å². The number of hydrogen-bond acceptors (Lipinski definition) is 2. The van der Waals surface area contributed by atoms with Gasteiger partial charge in [0.15, 0.2) is 12.5 Å². The predicted molar refractivity (Wildman–Crippen MR) is 74.2 cm³/mol. The lowest BCUT2D eigenvalue weighted by Gasteiger charge is -2.53. The minimum absolute atomic E-state index is 0.0697. The molecule has 108 valence electrons. The monoisotopic (exact) mass is 270 g/mol. The number of nitrogens with zero attached hydrogens (tertiary/aromatic N) is 3. The van der Waals surface area contributed by atoms with E-state index in [0.717, 1.165) is 24.1 Å². The van der Waals surface area contributed by atoms with Gasteiger partial charge in [0.2, 0.25) is 0 Å². The maximum absolute atomic E-state index is 12.0. The fraction of sp³-hybridized carbons (Fsp3) is 0.833. The average Bonchev–Trinajstić information content (AvgIpc) is 2.36. The molecule has 7 heteroatoms. The molecule has 0 spiro atoms. The van der Waals surface area contributed by atoms with E-state index in [1.165, 1.54) is 24.1 Å². The highest BCUT2D eigenvalue weighted by Gasteiger charge is 2.47. The number of rotatable bonds is 5. The van der Waals surface area contributed by atoms with Gasteiger partial charge in [-0.3, -0.25) is 9.79 Å². The molecule has 1 amide bonds. The van der Waals surface area contributed by atoms with E-state index in [1.807, 2.05) is 0 Å². The van der Waals surface area contributed by atoms with Crippen molar-refractivity contribution in [1.29, 1.82) is 0 Å². The second kappa shape index (κ2) is 5.34. The van der Waals surface area contributed by atoms with Crippen LogP contribution in [0.25, 0.3) is 0 Å². The van der Waals surface area contributed by atoms with Gasteiger partial charge in [-0.15, -0.1) is 0 Å². The predicted octanol–water partition coefficient (Wildman–Crippen LogP) is -2.33. The van der Waals surface area contributed by atoms with Crippen molar-refractivity contribution >= 4 is 11.9 Å². The minimum Gasteiger partial charge on any atom is -0.370 e. The van der Waals surface area contributed by atoms with Crippen LogP contribution in [0, 0.1) is 0 Å². The molecular weight excluding hydrogens is 244 g/mol. The first-order valence-corrected chi connectivity index (χ1v) is 6.94. The maximum atomic E-state index is 12.0. The average molecular weight is 270 g/mol. The molecule has 19 heavy (non-hydrogen) atoms. The zero-order chi connectivity index (χ0) is 13.9. The van der Waals surface area contributed by atoms with Crippen LogP contribution < -0.4 is 16.8 Å². The van der Waals surface area contributed by atoms with Crippen LogP contribution in [0.15, 0.2) is 4.99 Å². The third-order valence-corrected chi connectivity index (χ3v) is 4.55. The molecule has 0 aliphatic carbocycles. The van der Waals surface area contributed by atoms with Gasteiger partial charge in [-0.2, -0.15) is 0 Å². The Bertz CT molecular complexity index is 352. The number of nitrogens with two attached hydrogens (primary N) is 2. The van der Waals surface area contributed by atoms with Crippen LogP contribution in [0.1, 0.15) is 0 Å². The van der Waals surface area contributed by atoms with Gasteiger partial charge < -0.3 is 25.8 Å². The van der Waals surface area contributed by atoms with Gasteiger partial charge in [0.25, 0.3) is 5.91 Å². The molecule has 3 aliphatic rings. The number of fused-ring (bicyclic) bond motifs is 3. The Morgan fingerprint density at radius 2 is 1.74 bits per heavy atom. The van der Waals surface area contributed by atoms with Crippen LogP contribution in [-0.4, -0.2) is 86.8 Å². The number of quaternary nitrogens is 2. The zero-order valence-corrected chi connectivity index (χ0v) is 11.8. The van der Waals surface area contributed by atoms with Gasteiger partial charge in [0.1, 0.15) is 39.3 Å². The third-order valence-electron chi connectivity index (χ3n) is 4.55. The number of amides is 1. The highest BCUT2D eigenvalue weighted by atomic mass is 16.2. The van der Waals surface area contributed by atoms with Crippen molar-refractivity contribution in [3.63, 3.8) is 0 Å². The van der Waals surface area contributed by atoms with Gasteiger partial charge >= 0.3 is 0 Å². The molecule has 0 radical (unpaired) electrons. The van der Waals surface area contributed by atoms with Gasteiger partial charge in [0.05, 0.1) is 13.6 Å². The number of likely N-dealkylation sites (N-methyl/N-ethyl adjacent to an activating group) is 1. The number of nitrogens with one attached hydrogen (secondary N) is 1. The fourth-order valence-electron chi connectivity index (χ4n) is 3.01. The molecule has 0 atom stereocenters. The molecule has 3 aliphatic heterocycles. The molecule has 2 bridgehead atoms. The van der Waals surface area contributed by atoms with Gasteiger partial charge in [-0.1, -0.05) is 0 Å². The van der Waals surface area contributed by atoms with Crippen molar-refractivity contribution in [3.8, 4) is 0 Å². The highest BCUT2D eigenvalue weighted by Crippen LogP contribution is 2.24. The number of carbonyl (C=O) groups excluding carboxylic acids is 1. The Hall–Kier alpha value is -1.34. The Kier molecular flexibility index (Phi) is 3.96. The SMILES string of the molecule is C[N+]12CC[N+](CC(=O)NCCN=C(N)N)(CC1)CC2. The van der Waals surface area contributed by atoms with E-state index in [4.69, 9.17) is 11.5 Å². The van der Waals surface area contributed by atoms with Crippen LogP contribution in [0.3, 0.4) is 0 Å². The second-order valence-corrected chi connectivity index (χ2v) is 6.12. The number of carbonyl (C=O) groups is 1. The summed E-state index contributed by atoms with van der Waals surface area (Å²) < 4.78 is 2.15. The van der Waals surface area contributed by atoms with Gasteiger partial charge in [0, 0.05) is 6.54 Å². The van der Waals surface area contributed by atoms with Crippen molar-refractivity contribution in [2.24, 2.45) is 16.5 Å². The summed E-state index contributed by atoms with van der Waals surface area (Å²) in [4.78, 5) is 15.8. The lowest BCUT2D eigenvalue weighted by atomic mass is 10.1. The number of hydrogen-bond donors (Lipinski definition) is 3. The van der Waals surface area contributed by atoms with E-state index in [1.54, 1.807) is 0 Å². The quantitative estimate of drug-likeness (QED) is 0.226. The summed E-state index contributed by atoms with van der Waals surface area (Å²) in [6.07, 6.45) is 0. The fourth-order valence-corrected chi connectivity index (χ4v) is 3.01. The summed E-state index contributed by atoms with van der Waals surface area (Å²) in [5, 5.41) is 2.89. The highest BCUT2D eigenvalue weighted by molar-refractivity contribution is 5.77. The van der Waals surface area contributed by atoms with Crippen molar-refractivity contribution in [2.75, 3.05) is 66.0 Å². The minimum atomic E-state index is 0.0697. The largest absolute Gasteiger partial charge is 0.370 e. The molecule has 0 aromatic rings. The smallest absolute Gasteiger partial charge is 0.275 e. The number of guanidine groups is 1. The molecule has 0 aromatic heterocycles. The molecule has 5 N–H and O–H groups in total. The van der Waals surface area contributed by atoms with Crippen LogP contribution in [0.4, 0.5) is 0 Å². The van der Waals surface area contributed by atoms with Crippen LogP contribution in [-0.2, 0) is 4.79 Å². The van der Waals surface area contributed by atoms with Crippen LogP contribution in [0.2, 0.25) is 0 Å². The molecule has 7 nitrogen and oxygen atoms in total. The Labute approximate surface area is 114 Å². The number of aliphatic imine (C=N–C) groups is 1. The lowest BCUT2D eigenvalue weighted by molar-refractivity contribution is -1.07. The zero-order valence-electron chi connectivity index (χ0n) is 11.8. The van der Waals surface area contributed by atoms with Crippen LogP contribution >= 0.6 is 0 Å². The Balaban J connectivity index is 1.75. The maximum Gasteiger partial charge on any atom is 0.275 e. The second-order valence-electron chi connectivity index (χ2n) is 6.12. The molecule has 0 aromatic carbocycles. The first kappa shape index (κ1) is 14.1. The van der Waals surface area contributed by atoms with Crippen molar-refractivity contribution in [2.45, 2.75) is 0 Å². The summed E-state index contributed by atoms with van der Waals surface area (Å²) in [5.41, 5.74) is 10.5. The summed E-state index contributed by atoms with van der Waals surface area (Å²) >= 11 is 0. The summed E-state index contributed by atoms with van der Waals surface area (Å²) in [6, 6.07) is 0. The summed E-state index contributed by atoms with van der Waals surface area (Å²) in [7, 11) is 2.32. The molecular formula is C12H26N6O+2.